The molecule has 1 aliphatic heterocycles. The molecule has 0 bridgehead atoms. The molecule has 1 fully saturated rings. The van der Waals surface area contributed by atoms with Crippen LogP contribution in [0.4, 0.5) is 10.1 Å². The maximum absolute atomic E-state index is 12.8. The van der Waals surface area contributed by atoms with Gasteiger partial charge in [0.1, 0.15) is 5.82 Å². The van der Waals surface area contributed by atoms with E-state index in [-0.39, 0.29) is 5.91 Å². The van der Waals surface area contributed by atoms with Crippen LogP contribution >= 0.6 is 0 Å². The molecular formula is C10H11FN2O2. The Labute approximate surface area is 86.5 Å². The molecule has 0 aliphatic carbocycles. The molecule has 5 heteroatoms. The molecule has 4 nitrogen and oxygen atoms in total. The van der Waals surface area contributed by atoms with Gasteiger partial charge in [0.05, 0.1) is 36.7 Å². The summed E-state index contributed by atoms with van der Waals surface area (Å²) in [6.07, 6.45) is 2.49. The molecule has 0 aromatic carbocycles. The highest BCUT2D eigenvalue weighted by Crippen LogP contribution is 2.28. The molecule has 80 valence electrons. The Morgan fingerprint density at radius 3 is 2.87 bits per heavy atom. The van der Waals surface area contributed by atoms with Crippen molar-refractivity contribution in [3.8, 4) is 0 Å². The van der Waals surface area contributed by atoms with E-state index in [1.807, 2.05) is 0 Å². The van der Waals surface area contributed by atoms with Crippen molar-refractivity contribution in [2.45, 2.75) is 6.92 Å². The van der Waals surface area contributed by atoms with Crippen molar-refractivity contribution < 1.29 is 13.9 Å². The molecular weight excluding hydrogens is 199 g/mol. The van der Waals surface area contributed by atoms with E-state index in [2.05, 4.69) is 10.3 Å². The zero-order chi connectivity index (χ0) is 10.9. The minimum atomic E-state index is -0.494. The first-order valence-corrected chi connectivity index (χ1v) is 4.60. The predicted octanol–water partition coefficient (Wildman–Crippen LogP) is 1.20. The van der Waals surface area contributed by atoms with Crippen molar-refractivity contribution in [3.05, 3.63) is 24.3 Å². The third kappa shape index (κ3) is 1.97. The van der Waals surface area contributed by atoms with Gasteiger partial charge in [0, 0.05) is 6.07 Å². The maximum atomic E-state index is 12.8. The largest absolute Gasteiger partial charge is 0.379 e. The number of aromatic nitrogens is 1. The van der Waals surface area contributed by atoms with Crippen molar-refractivity contribution >= 4 is 11.6 Å². The van der Waals surface area contributed by atoms with Crippen LogP contribution in [0, 0.1) is 11.2 Å². The fourth-order valence-electron chi connectivity index (χ4n) is 1.30. The molecule has 2 heterocycles. The first-order chi connectivity index (χ1) is 7.10. The first kappa shape index (κ1) is 10.0. The van der Waals surface area contributed by atoms with Crippen molar-refractivity contribution in [2.75, 3.05) is 18.5 Å². The van der Waals surface area contributed by atoms with Gasteiger partial charge in [0.2, 0.25) is 5.91 Å². The second kappa shape index (κ2) is 3.58. The lowest BCUT2D eigenvalue weighted by molar-refractivity contribution is -0.151. The highest BCUT2D eigenvalue weighted by Gasteiger charge is 2.41. The summed E-state index contributed by atoms with van der Waals surface area (Å²) in [5, 5.41) is 2.60. The van der Waals surface area contributed by atoms with E-state index in [9.17, 15) is 9.18 Å². The van der Waals surface area contributed by atoms with E-state index in [1.54, 1.807) is 6.92 Å². The zero-order valence-corrected chi connectivity index (χ0v) is 8.29. The van der Waals surface area contributed by atoms with Gasteiger partial charge in [0.15, 0.2) is 0 Å². The van der Waals surface area contributed by atoms with Crippen molar-refractivity contribution in [3.63, 3.8) is 0 Å². The third-order valence-corrected chi connectivity index (χ3v) is 2.35. The van der Waals surface area contributed by atoms with Crippen LogP contribution in [0.3, 0.4) is 0 Å². The average Bonchev–Trinajstić information content (AvgIpc) is 2.14. The van der Waals surface area contributed by atoms with Crippen molar-refractivity contribution in [1.29, 1.82) is 0 Å². The molecule has 0 atom stereocenters. The second-order valence-electron chi connectivity index (χ2n) is 3.90. The minimum absolute atomic E-state index is 0.166. The van der Waals surface area contributed by atoms with E-state index in [0.29, 0.717) is 18.9 Å². The third-order valence-electron chi connectivity index (χ3n) is 2.35. The summed E-state index contributed by atoms with van der Waals surface area (Å²) in [7, 11) is 0. The molecule has 1 amide bonds. The number of anilines is 1. The minimum Gasteiger partial charge on any atom is -0.379 e. The Balaban J connectivity index is 2.06. The summed E-state index contributed by atoms with van der Waals surface area (Å²) in [4.78, 5) is 15.3. The van der Waals surface area contributed by atoms with Gasteiger partial charge in [-0.15, -0.1) is 0 Å². The zero-order valence-electron chi connectivity index (χ0n) is 8.29. The highest BCUT2D eigenvalue weighted by atomic mass is 19.1. The number of ether oxygens (including phenoxy) is 1. The number of halogens is 1. The fraction of sp³-hybridized carbons (Fsp3) is 0.400. The Morgan fingerprint density at radius 1 is 1.60 bits per heavy atom. The predicted molar refractivity (Wildman–Crippen MR) is 51.8 cm³/mol. The Hall–Kier alpha value is -1.49. The standard InChI is InChI=1S/C10H11FN2O2/c1-10(5-15-6-10)9(14)13-8-2-7(11)3-12-4-8/h2-4H,5-6H2,1H3,(H,13,14). The number of hydrogen-bond donors (Lipinski definition) is 1. The van der Waals surface area contributed by atoms with E-state index in [4.69, 9.17) is 4.74 Å². The van der Waals surface area contributed by atoms with Crippen LogP contribution in [0.5, 0.6) is 0 Å². The van der Waals surface area contributed by atoms with Crippen LogP contribution in [0.2, 0.25) is 0 Å². The van der Waals surface area contributed by atoms with E-state index in [0.717, 1.165) is 6.20 Å². The monoisotopic (exact) mass is 210 g/mol. The molecule has 2 rings (SSSR count). The van der Waals surface area contributed by atoms with Crippen LogP contribution in [0.1, 0.15) is 6.92 Å². The number of nitrogens with zero attached hydrogens (tertiary/aromatic N) is 1. The van der Waals surface area contributed by atoms with Gasteiger partial charge in [-0.3, -0.25) is 9.78 Å². The summed E-state index contributed by atoms with van der Waals surface area (Å²) in [6.45, 7) is 2.61. The van der Waals surface area contributed by atoms with Crippen LogP contribution in [0.15, 0.2) is 18.5 Å². The van der Waals surface area contributed by atoms with E-state index in [1.165, 1.54) is 12.3 Å². The first-order valence-electron chi connectivity index (χ1n) is 4.60. The Bertz CT molecular complexity index is 391. The van der Waals surface area contributed by atoms with E-state index >= 15 is 0 Å². The Kier molecular flexibility index (Phi) is 2.40. The lowest BCUT2D eigenvalue weighted by Crippen LogP contribution is -2.49. The maximum Gasteiger partial charge on any atom is 0.235 e. The quantitative estimate of drug-likeness (QED) is 0.797. The number of pyridine rings is 1. The van der Waals surface area contributed by atoms with Crippen LogP contribution in [-0.2, 0) is 9.53 Å². The van der Waals surface area contributed by atoms with Crippen LogP contribution in [-0.4, -0.2) is 24.1 Å². The molecule has 0 radical (unpaired) electrons. The van der Waals surface area contributed by atoms with E-state index < -0.39 is 11.2 Å². The summed E-state index contributed by atoms with van der Waals surface area (Å²) in [5.74, 6) is -0.635. The van der Waals surface area contributed by atoms with Gasteiger partial charge in [-0.05, 0) is 6.92 Å². The lowest BCUT2D eigenvalue weighted by Gasteiger charge is -2.36. The summed E-state index contributed by atoms with van der Waals surface area (Å²) in [5.41, 5.74) is -0.125. The van der Waals surface area contributed by atoms with Crippen LogP contribution < -0.4 is 5.32 Å². The molecule has 1 N–H and O–H groups in total. The molecule has 15 heavy (non-hydrogen) atoms. The summed E-state index contributed by atoms with van der Waals surface area (Å²) in [6, 6.07) is 1.23. The van der Waals surface area contributed by atoms with Gasteiger partial charge in [-0.25, -0.2) is 4.39 Å². The number of carbonyl (C=O) groups is 1. The van der Waals surface area contributed by atoms with Crippen LogP contribution in [0.25, 0.3) is 0 Å². The van der Waals surface area contributed by atoms with Crippen molar-refractivity contribution in [2.24, 2.45) is 5.41 Å². The number of nitrogens with one attached hydrogen (secondary N) is 1. The molecule has 1 aliphatic rings. The van der Waals surface area contributed by atoms with Gasteiger partial charge in [-0.1, -0.05) is 0 Å². The molecule has 1 saturated heterocycles. The van der Waals surface area contributed by atoms with Gasteiger partial charge < -0.3 is 10.1 Å². The van der Waals surface area contributed by atoms with Gasteiger partial charge >= 0.3 is 0 Å². The second-order valence-corrected chi connectivity index (χ2v) is 3.90. The van der Waals surface area contributed by atoms with Crippen molar-refractivity contribution in [1.82, 2.24) is 4.98 Å². The topological polar surface area (TPSA) is 51.2 Å². The number of carbonyl (C=O) groups excluding carboxylic acids is 1. The molecule has 0 saturated carbocycles. The SMILES string of the molecule is CC1(C(=O)Nc2cncc(F)c2)COC1. The average molecular weight is 210 g/mol. The summed E-state index contributed by atoms with van der Waals surface area (Å²) >= 11 is 0. The number of hydrogen-bond acceptors (Lipinski definition) is 3. The highest BCUT2D eigenvalue weighted by molar-refractivity contribution is 5.95. The molecule has 1 aromatic heterocycles. The molecule has 0 unspecified atom stereocenters. The lowest BCUT2D eigenvalue weighted by atomic mass is 9.87. The van der Waals surface area contributed by atoms with Gasteiger partial charge in [0.25, 0.3) is 0 Å². The summed E-state index contributed by atoms with van der Waals surface area (Å²) < 4.78 is 17.7. The molecule has 1 aromatic rings. The fourth-order valence-corrected chi connectivity index (χ4v) is 1.30. The smallest absolute Gasteiger partial charge is 0.235 e. The Morgan fingerprint density at radius 2 is 2.33 bits per heavy atom. The normalized spacial score (nSPS) is 18.0. The molecule has 0 spiro atoms. The number of amides is 1. The number of rotatable bonds is 2. The van der Waals surface area contributed by atoms with Gasteiger partial charge in [-0.2, -0.15) is 0 Å².